The Bertz CT molecular complexity index is 575. The predicted octanol–water partition coefficient (Wildman–Crippen LogP) is 5.38. The second-order valence-electron chi connectivity index (χ2n) is 5.42. The molecule has 0 aromatic heterocycles. The number of rotatable bonds is 3. The summed E-state index contributed by atoms with van der Waals surface area (Å²) in [6, 6.07) is 11.0. The van der Waals surface area contributed by atoms with Gasteiger partial charge in [0, 0.05) is 12.8 Å². The Labute approximate surface area is 124 Å². The molecule has 0 amide bonds. The van der Waals surface area contributed by atoms with Crippen molar-refractivity contribution >= 4 is 10.9 Å². The van der Waals surface area contributed by atoms with E-state index in [0.717, 1.165) is 0 Å². The number of hydrogen-bond donors (Lipinski definition) is 0. The van der Waals surface area contributed by atoms with Crippen molar-refractivity contribution in [1.29, 1.82) is 0 Å². The van der Waals surface area contributed by atoms with Gasteiger partial charge < -0.3 is 0 Å². The van der Waals surface area contributed by atoms with Gasteiger partial charge in [0.05, 0.1) is 10.9 Å². The van der Waals surface area contributed by atoms with Gasteiger partial charge in [-0.05, 0) is 36.6 Å². The van der Waals surface area contributed by atoms with Crippen molar-refractivity contribution in [3.63, 3.8) is 0 Å². The first-order valence-corrected chi connectivity index (χ1v) is 8.59. The maximum absolute atomic E-state index is 2.34. The minimum Gasteiger partial charge on any atom is -0.0839 e. The van der Waals surface area contributed by atoms with E-state index in [-0.39, 0.29) is 10.9 Å². The maximum Gasteiger partial charge on any atom is 0.165 e. The smallest absolute Gasteiger partial charge is 0.0839 e. The van der Waals surface area contributed by atoms with Crippen LogP contribution < -0.4 is 0 Å². The molecule has 0 saturated carbocycles. The fraction of sp³-hybridized carbons (Fsp3) is 0.263. The van der Waals surface area contributed by atoms with Crippen molar-refractivity contribution in [2.75, 3.05) is 0 Å². The lowest BCUT2D eigenvalue weighted by atomic mass is 10.0. The Balaban J connectivity index is 2.00. The van der Waals surface area contributed by atoms with Crippen LogP contribution in [0.1, 0.15) is 26.2 Å². The molecule has 0 saturated heterocycles. The molecule has 102 valence electrons. The Kier molecular flexibility index (Phi) is 4.27. The molecular formula is C19H21S+. The molecule has 1 aromatic carbocycles. The molecule has 0 heterocycles. The third-order valence-electron chi connectivity index (χ3n) is 3.72. The van der Waals surface area contributed by atoms with Crippen LogP contribution in [-0.2, 0) is 10.9 Å². The van der Waals surface area contributed by atoms with E-state index in [9.17, 15) is 0 Å². The molecule has 20 heavy (non-hydrogen) atoms. The van der Waals surface area contributed by atoms with Gasteiger partial charge in [0.2, 0.25) is 0 Å². The van der Waals surface area contributed by atoms with E-state index in [2.05, 4.69) is 73.7 Å². The SMILES string of the molecule is CC1C=CC=C([S+](C2=CC=CCC2)c2ccccc2)C1. The lowest BCUT2D eigenvalue weighted by Gasteiger charge is -2.18. The average molecular weight is 281 g/mol. The van der Waals surface area contributed by atoms with Gasteiger partial charge in [-0.25, -0.2) is 0 Å². The number of allylic oxidation sites excluding steroid dienone is 8. The first-order valence-electron chi connectivity index (χ1n) is 7.37. The highest BCUT2D eigenvalue weighted by atomic mass is 32.2. The average Bonchev–Trinajstić information content (AvgIpc) is 2.50. The van der Waals surface area contributed by atoms with Crippen LogP contribution in [-0.4, -0.2) is 0 Å². The standard InChI is InChI=1S/C19H21S/c1-16-9-8-14-19(15-16)20(17-10-4-2-5-11-17)18-12-6-3-7-13-18/h2-6,8-12,14,16H,7,13,15H2,1H3/q+1. The third-order valence-corrected chi connectivity index (χ3v) is 6.16. The van der Waals surface area contributed by atoms with Crippen molar-refractivity contribution < 1.29 is 0 Å². The lowest BCUT2D eigenvalue weighted by Crippen LogP contribution is -2.13. The normalized spacial score (nSPS) is 23.1. The van der Waals surface area contributed by atoms with Gasteiger partial charge in [-0.2, -0.15) is 0 Å². The van der Waals surface area contributed by atoms with Gasteiger partial charge in [0.25, 0.3) is 0 Å². The molecule has 0 fully saturated rings. The quantitative estimate of drug-likeness (QED) is 0.653. The third kappa shape index (κ3) is 2.99. The summed E-state index contributed by atoms with van der Waals surface area (Å²) in [5.41, 5.74) is 0. The Morgan fingerprint density at radius 3 is 2.50 bits per heavy atom. The minimum absolute atomic E-state index is 0.138. The van der Waals surface area contributed by atoms with Gasteiger partial charge in [0.1, 0.15) is 9.81 Å². The summed E-state index contributed by atoms with van der Waals surface area (Å²) in [4.78, 5) is 4.64. The highest BCUT2D eigenvalue weighted by molar-refractivity contribution is 8.04. The summed E-state index contributed by atoms with van der Waals surface area (Å²) in [6.45, 7) is 2.31. The molecule has 2 unspecified atom stereocenters. The molecule has 0 aliphatic heterocycles. The molecule has 0 spiro atoms. The van der Waals surface area contributed by atoms with Crippen LogP contribution in [0.4, 0.5) is 0 Å². The summed E-state index contributed by atoms with van der Waals surface area (Å²) in [7, 11) is 0.138. The summed E-state index contributed by atoms with van der Waals surface area (Å²) in [5.74, 6) is 0.661. The summed E-state index contributed by atoms with van der Waals surface area (Å²) in [6.07, 6.45) is 17.3. The molecule has 2 atom stereocenters. The van der Waals surface area contributed by atoms with Crippen LogP contribution in [0.15, 0.2) is 81.5 Å². The summed E-state index contributed by atoms with van der Waals surface area (Å²) < 4.78 is 0. The van der Waals surface area contributed by atoms with Gasteiger partial charge in [-0.1, -0.05) is 49.4 Å². The molecule has 1 aromatic rings. The van der Waals surface area contributed by atoms with Gasteiger partial charge in [0.15, 0.2) is 4.90 Å². The number of hydrogen-bond acceptors (Lipinski definition) is 0. The zero-order valence-electron chi connectivity index (χ0n) is 12.0. The van der Waals surface area contributed by atoms with Crippen LogP contribution in [0.3, 0.4) is 0 Å². The van der Waals surface area contributed by atoms with Crippen LogP contribution in [0.2, 0.25) is 0 Å². The van der Waals surface area contributed by atoms with Crippen molar-refractivity contribution in [3.8, 4) is 0 Å². The van der Waals surface area contributed by atoms with Crippen molar-refractivity contribution in [1.82, 2.24) is 0 Å². The predicted molar refractivity (Wildman–Crippen MR) is 89.5 cm³/mol. The fourth-order valence-electron chi connectivity index (χ4n) is 2.74. The largest absolute Gasteiger partial charge is 0.165 e. The van der Waals surface area contributed by atoms with Crippen LogP contribution in [0.25, 0.3) is 0 Å². The first kappa shape index (κ1) is 13.5. The second kappa shape index (κ2) is 6.32. The Morgan fingerprint density at radius 2 is 1.80 bits per heavy atom. The molecule has 3 rings (SSSR count). The first-order chi connectivity index (χ1) is 9.84. The molecule has 2 aliphatic carbocycles. The lowest BCUT2D eigenvalue weighted by molar-refractivity contribution is 0.728. The molecule has 0 radical (unpaired) electrons. The summed E-state index contributed by atoms with van der Waals surface area (Å²) >= 11 is 0. The number of benzene rings is 1. The van der Waals surface area contributed by atoms with Crippen molar-refractivity contribution in [3.05, 3.63) is 76.6 Å². The molecular weight excluding hydrogens is 260 g/mol. The minimum atomic E-state index is 0.138. The Morgan fingerprint density at radius 1 is 1.00 bits per heavy atom. The second-order valence-corrected chi connectivity index (χ2v) is 7.55. The molecule has 2 aliphatic rings. The zero-order chi connectivity index (χ0) is 13.8. The van der Waals surface area contributed by atoms with Gasteiger partial charge >= 0.3 is 0 Å². The highest BCUT2D eigenvalue weighted by Crippen LogP contribution is 2.37. The van der Waals surface area contributed by atoms with Crippen molar-refractivity contribution in [2.24, 2.45) is 5.92 Å². The van der Waals surface area contributed by atoms with E-state index < -0.39 is 0 Å². The topological polar surface area (TPSA) is 0 Å². The highest BCUT2D eigenvalue weighted by Gasteiger charge is 2.33. The zero-order valence-corrected chi connectivity index (χ0v) is 12.8. The van der Waals surface area contributed by atoms with E-state index in [0.29, 0.717) is 5.92 Å². The van der Waals surface area contributed by atoms with Crippen molar-refractivity contribution in [2.45, 2.75) is 31.1 Å². The van der Waals surface area contributed by atoms with Crippen LogP contribution >= 0.6 is 0 Å². The molecule has 0 nitrogen and oxygen atoms in total. The van der Waals surface area contributed by atoms with E-state index in [1.807, 2.05) is 0 Å². The fourth-order valence-corrected chi connectivity index (χ4v) is 5.29. The maximum atomic E-state index is 2.34. The molecule has 0 N–H and O–H groups in total. The van der Waals surface area contributed by atoms with E-state index in [1.165, 1.54) is 24.2 Å². The van der Waals surface area contributed by atoms with E-state index in [4.69, 9.17) is 0 Å². The van der Waals surface area contributed by atoms with Crippen LogP contribution in [0.5, 0.6) is 0 Å². The van der Waals surface area contributed by atoms with E-state index in [1.54, 1.807) is 9.81 Å². The Hall–Kier alpha value is -1.47. The van der Waals surface area contributed by atoms with Gasteiger partial charge in [-0.3, -0.25) is 0 Å². The van der Waals surface area contributed by atoms with E-state index >= 15 is 0 Å². The van der Waals surface area contributed by atoms with Gasteiger partial charge in [-0.15, -0.1) is 0 Å². The molecule has 1 heteroatoms. The van der Waals surface area contributed by atoms with Crippen LogP contribution in [0, 0.1) is 5.92 Å². The summed E-state index contributed by atoms with van der Waals surface area (Å²) in [5, 5.41) is 0. The monoisotopic (exact) mass is 281 g/mol. The molecule has 0 bridgehead atoms.